The summed E-state index contributed by atoms with van der Waals surface area (Å²) in [5.41, 5.74) is -0.400. The normalized spacial score (nSPS) is 31.0. The standard InChI is InChI=1S/C9H14O4/c1-9(5-12-6-9)8(10)13-7-2-3-11-4-7/h7H,2-6H2,1H3/t7-/m0/s1. The van der Waals surface area contributed by atoms with Crippen molar-refractivity contribution in [2.75, 3.05) is 26.4 Å². The minimum absolute atomic E-state index is 0.0371. The molecule has 74 valence electrons. The molecule has 0 aromatic heterocycles. The summed E-state index contributed by atoms with van der Waals surface area (Å²) in [5.74, 6) is -0.144. The Bertz CT molecular complexity index is 204. The van der Waals surface area contributed by atoms with Crippen LogP contribution in [0, 0.1) is 5.41 Å². The van der Waals surface area contributed by atoms with Gasteiger partial charge in [0.05, 0.1) is 26.4 Å². The highest BCUT2D eigenvalue weighted by molar-refractivity contribution is 5.77. The van der Waals surface area contributed by atoms with Gasteiger partial charge in [-0.05, 0) is 6.92 Å². The van der Waals surface area contributed by atoms with Crippen molar-refractivity contribution >= 4 is 5.97 Å². The van der Waals surface area contributed by atoms with E-state index in [1.54, 1.807) is 0 Å². The van der Waals surface area contributed by atoms with E-state index in [-0.39, 0.29) is 12.1 Å². The van der Waals surface area contributed by atoms with E-state index in [1.165, 1.54) is 0 Å². The molecule has 4 heteroatoms. The molecule has 0 saturated carbocycles. The lowest BCUT2D eigenvalue weighted by molar-refractivity contribution is -0.187. The van der Waals surface area contributed by atoms with Crippen molar-refractivity contribution in [3.63, 3.8) is 0 Å². The van der Waals surface area contributed by atoms with Crippen LogP contribution in [0.2, 0.25) is 0 Å². The van der Waals surface area contributed by atoms with Gasteiger partial charge in [0.15, 0.2) is 0 Å². The molecule has 2 aliphatic heterocycles. The van der Waals surface area contributed by atoms with Crippen LogP contribution in [0.4, 0.5) is 0 Å². The predicted molar refractivity (Wildman–Crippen MR) is 44.2 cm³/mol. The third-order valence-electron chi connectivity index (χ3n) is 2.50. The summed E-state index contributed by atoms with van der Waals surface area (Å²) < 4.78 is 15.4. The maximum atomic E-state index is 11.5. The van der Waals surface area contributed by atoms with Crippen molar-refractivity contribution < 1.29 is 19.0 Å². The lowest BCUT2D eigenvalue weighted by atomic mass is 9.89. The lowest BCUT2D eigenvalue weighted by Crippen LogP contribution is -2.48. The number of hydrogen-bond donors (Lipinski definition) is 0. The second kappa shape index (κ2) is 3.27. The second-order valence-corrected chi connectivity index (χ2v) is 3.94. The Kier molecular flexibility index (Phi) is 2.26. The van der Waals surface area contributed by atoms with Crippen LogP contribution in [0.15, 0.2) is 0 Å². The number of rotatable bonds is 2. The molecule has 13 heavy (non-hydrogen) atoms. The second-order valence-electron chi connectivity index (χ2n) is 3.94. The number of ether oxygens (including phenoxy) is 3. The van der Waals surface area contributed by atoms with Crippen molar-refractivity contribution in [1.82, 2.24) is 0 Å². The van der Waals surface area contributed by atoms with Gasteiger partial charge >= 0.3 is 5.97 Å². The monoisotopic (exact) mass is 186 g/mol. The van der Waals surface area contributed by atoms with E-state index in [2.05, 4.69) is 0 Å². The van der Waals surface area contributed by atoms with Gasteiger partial charge in [0.25, 0.3) is 0 Å². The van der Waals surface area contributed by atoms with E-state index in [4.69, 9.17) is 14.2 Å². The zero-order valence-corrected chi connectivity index (χ0v) is 7.75. The minimum atomic E-state index is -0.400. The van der Waals surface area contributed by atoms with Crippen LogP contribution in [-0.2, 0) is 19.0 Å². The van der Waals surface area contributed by atoms with Gasteiger partial charge in [-0.3, -0.25) is 4.79 Å². The number of hydrogen-bond acceptors (Lipinski definition) is 4. The van der Waals surface area contributed by atoms with E-state index < -0.39 is 5.41 Å². The molecule has 1 atom stereocenters. The molecular weight excluding hydrogens is 172 g/mol. The molecule has 0 aliphatic carbocycles. The molecule has 0 unspecified atom stereocenters. The Morgan fingerprint density at radius 3 is 2.69 bits per heavy atom. The van der Waals surface area contributed by atoms with Gasteiger partial charge < -0.3 is 14.2 Å². The molecule has 2 saturated heterocycles. The third kappa shape index (κ3) is 1.69. The first-order valence-corrected chi connectivity index (χ1v) is 4.57. The summed E-state index contributed by atoms with van der Waals surface area (Å²) in [5, 5.41) is 0. The van der Waals surface area contributed by atoms with Crippen molar-refractivity contribution in [2.45, 2.75) is 19.4 Å². The molecule has 2 fully saturated rings. The van der Waals surface area contributed by atoms with Crippen molar-refractivity contribution in [2.24, 2.45) is 5.41 Å². The Morgan fingerprint density at radius 2 is 2.23 bits per heavy atom. The van der Waals surface area contributed by atoms with Gasteiger partial charge in [0, 0.05) is 6.42 Å². The molecule has 0 spiro atoms. The fourth-order valence-corrected chi connectivity index (χ4v) is 1.43. The minimum Gasteiger partial charge on any atom is -0.459 e. The summed E-state index contributed by atoms with van der Waals surface area (Å²) in [4.78, 5) is 11.5. The van der Waals surface area contributed by atoms with Crippen molar-refractivity contribution in [3.8, 4) is 0 Å². The highest BCUT2D eigenvalue weighted by atomic mass is 16.6. The molecule has 2 aliphatic rings. The zero-order valence-electron chi connectivity index (χ0n) is 7.75. The van der Waals surface area contributed by atoms with E-state index in [1.807, 2.05) is 6.92 Å². The van der Waals surface area contributed by atoms with Crippen LogP contribution in [0.3, 0.4) is 0 Å². The third-order valence-corrected chi connectivity index (χ3v) is 2.50. The van der Waals surface area contributed by atoms with Gasteiger partial charge in [-0.25, -0.2) is 0 Å². The van der Waals surface area contributed by atoms with Gasteiger partial charge in [-0.1, -0.05) is 0 Å². The number of carbonyl (C=O) groups is 1. The first kappa shape index (κ1) is 8.97. The van der Waals surface area contributed by atoms with Crippen LogP contribution in [0.25, 0.3) is 0 Å². The van der Waals surface area contributed by atoms with Crippen molar-refractivity contribution in [3.05, 3.63) is 0 Å². The zero-order chi connectivity index (χ0) is 9.31. The fourth-order valence-electron chi connectivity index (χ4n) is 1.43. The molecule has 0 aromatic rings. The summed E-state index contributed by atoms with van der Waals surface area (Å²) in [6, 6.07) is 0. The Hall–Kier alpha value is -0.610. The average molecular weight is 186 g/mol. The van der Waals surface area contributed by atoms with Crippen LogP contribution in [0.5, 0.6) is 0 Å². The topological polar surface area (TPSA) is 44.8 Å². The molecule has 0 amide bonds. The highest BCUT2D eigenvalue weighted by Gasteiger charge is 2.43. The largest absolute Gasteiger partial charge is 0.459 e. The number of carbonyl (C=O) groups excluding carboxylic acids is 1. The molecular formula is C9H14O4. The SMILES string of the molecule is CC1(C(=O)O[C@H]2CCOC2)COC1. The lowest BCUT2D eigenvalue weighted by Gasteiger charge is -2.35. The first-order valence-electron chi connectivity index (χ1n) is 4.57. The van der Waals surface area contributed by atoms with Crippen LogP contribution >= 0.6 is 0 Å². The van der Waals surface area contributed by atoms with E-state index >= 15 is 0 Å². The molecule has 0 aromatic carbocycles. The van der Waals surface area contributed by atoms with Gasteiger partial charge in [0.1, 0.15) is 11.5 Å². The van der Waals surface area contributed by atoms with Gasteiger partial charge in [-0.2, -0.15) is 0 Å². The molecule has 0 bridgehead atoms. The molecule has 0 radical (unpaired) electrons. The summed E-state index contributed by atoms with van der Waals surface area (Å²) in [6.45, 7) is 4.08. The van der Waals surface area contributed by atoms with E-state index in [0.29, 0.717) is 26.4 Å². The van der Waals surface area contributed by atoms with Gasteiger partial charge in [-0.15, -0.1) is 0 Å². The molecule has 4 nitrogen and oxygen atoms in total. The van der Waals surface area contributed by atoms with Gasteiger partial charge in [0.2, 0.25) is 0 Å². The smallest absolute Gasteiger partial charge is 0.316 e. The predicted octanol–water partition coefficient (Wildman–Crippen LogP) is 0.355. The maximum Gasteiger partial charge on any atom is 0.316 e. The van der Waals surface area contributed by atoms with E-state index in [9.17, 15) is 4.79 Å². The van der Waals surface area contributed by atoms with Crippen LogP contribution in [0.1, 0.15) is 13.3 Å². The molecule has 2 rings (SSSR count). The Labute approximate surface area is 77.1 Å². The Morgan fingerprint density at radius 1 is 1.46 bits per heavy atom. The first-order chi connectivity index (χ1) is 6.21. The average Bonchev–Trinajstić information content (AvgIpc) is 2.52. The van der Waals surface area contributed by atoms with E-state index in [0.717, 1.165) is 6.42 Å². The maximum absolute atomic E-state index is 11.5. The summed E-state index contributed by atoms with van der Waals surface area (Å²) in [7, 11) is 0. The highest BCUT2D eigenvalue weighted by Crippen LogP contribution is 2.29. The molecule has 2 heterocycles. The van der Waals surface area contributed by atoms with Crippen LogP contribution < -0.4 is 0 Å². The summed E-state index contributed by atoms with van der Waals surface area (Å²) >= 11 is 0. The fraction of sp³-hybridized carbons (Fsp3) is 0.889. The Balaban J connectivity index is 1.83. The summed E-state index contributed by atoms with van der Waals surface area (Å²) in [6.07, 6.45) is 0.785. The quantitative estimate of drug-likeness (QED) is 0.584. The van der Waals surface area contributed by atoms with Crippen molar-refractivity contribution in [1.29, 1.82) is 0 Å². The number of esters is 1. The molecule has 0 N–H and O–H groups in total. The van der Waals surface area contributed by atoms with Crippen LogP contribution in [-0.4, -0.2) is 38.5 Å².